The fourth-order valence-corrected chi connectivity index (χ4v) is 3.94. The molecule has 4 atom stereocenters. The van der Waals surface area contributed by atoms with Crippen molar-refractivity contribution >= 4 is 6.03 Å². The van der Waals surface area contributed by atoms with Crippen LogP contribution in [0.15, 0.2) is 0 Å². The summed E-state index contributed by atoms with van der Waals surface area (Å²) < 4.78 is 0. The minimum Gasteiger partial charge on any atom is -0.335 e. The third-order valence-electron chi connectivity index (χ3n) is 5.11. The molecule has 0 spiro atoms. The van der Waals surface area contributed by atoms with Gasteiger partial charge in [-0.1, -0.05) is 20.3 Å². The number of urea groups is 1. The zero-order valence-electron chi connectivity index (χ0n) is 12.0. The Morgan fingerprint density at radius 3 is 2.39 bits per heavy atom. The number of fused-ring (bicyclic) bond motifs is 2. The van der Waals surface area contributed by atoms with Crippen molar-refractivity contribution in [2.45, 2.75) is 71.4 Å². The van der Waals surface area contributed by atoms with Crippen LogP contribution in [-0.2, 0) is 0 Å². The summed E-state index contributed by atoms with van der Waals surface area (Å²) in [6, 6.07) is 0.672. The summed E-state index contributed by atoms with van der Waals surface area (Å²) in [4.78, 5) is 11.9. The van der Waals surface area contributed by atoms with Crippen molar-refractivity contribution in [1.82, 2.24) is 10.6 Å². The highest BCUT2D eigenvalue weighted by Crippen LogP contribution is 2.49. The summed E-state index contributed by atoms with van der Waals surface area (Å²) in [6.07, 6.45) is 7.56. The van der Waals surface area contributed by atoms with Crippen LogP contribution >= 0.6 is 0 Å². The Morgan fingerprint density at radius 1 is 1.17 bits per heavy atom. The largest absolute Gasteiger partial charge is 0.335 e. The predicted octanol–water partition coefficient (Wildman–Crippen LogP) is 3.30. The summed E-state index contributed by atoms with van der Waals surface area (Å²) in [5.41, 5.74) is 0. The molecule has 18 heavy (non-hydrogen) atoms. The van der Waals surface area contributed by atoms with Gasteiger partial charge in [0.1, 0.15) is 0 Å². The monoisotopic (exact) mass is 252 g/mol. The Bertz CT molecular complexity index is 288. The summed E-state index contributed by atoms with van der Waals surface area (Å²) in [5, 5.41) is 6.22. The van der Waals surface area contributed by atoms with Crippen LogP contribution in [0.4, 0.5) is 4.79 Å². The lowest BCUT2D eigenvalue weighted by Crippen LogP contribution is -2.48. The van der Waals surface area contributed by atoms with Crippen LogP contribution in [-0.4, -0.2) is 18.1 Å². The first-order valence-electron chi connectivity index (χ1n) is 7.71. The molecule has 2 aliphatic carbocycles. The van der Waals surface area contributed by atoms with E-state index in [0.717, 1.165) is 30.6 Å². The molecule has 0 saturated heterocycles. The lowest BCUT2D eigenvalue weighted by Gasteiger charge is -2.29. The van der Waals surface area contributed by atoms with Gasteiger partial charge in [0, 0.05) is 12.1 Å². The molecule has 3 heteroatoms. The number of carbonyl (C=O) groups is 1. The molecular formula is C15H28N2O. The topological polar surface area (TPSA) is 41.1 Å². The van der Waals surface area contributed by atoms with E-state index in [4.69, 9.17) is 0 Å². The minimum atomic E-state index is 0.0268. The van der Waals surface area contributed by atoms with Crippen molar-refractivity contribution in [3.05, 3.63) is 0 Å². The molecule has 0 aliphatic heterocycles. The van der Waals surface area contributed by atoms with Gasteiger partial charge in [-0.2, -0.15) is 0 Å². The van der Waals surface area contributed by atoms with Gasteiger partial charge in [0.05, 0.1) is 0 Å². The molecule has 2 bridgehead atoms. The molecule has 4 unspecified atom stereocenters. The number of nitrogens with one attached hydrogen (secondary N) is 2. The third-order valence-corrected chi connectivity index (χ3v) is 5.11. The molecule has 2 fully saturated rings. The Labute approximate surface area is 111 Å². The normalized spacial score (nSPS) is 31.7. The second-order valence-corrected chi connectivity index (χ2v) is 6.26. The Balaban J connectivity index is 1.77. The Morgan fingerprint density at radius 2 is 1.89 bits per heavy atom. The second-order valence-electron chi connectivity index (χ2n) is 6.26. The van der Waals surface area contributed by atoms with Gasteiger partial charge >= 0.3 is 6.03 Å². The van der Waals surface area contributed by atoms with Crippen LogP contribution < -0.4 is 10.6 Å². The maximum atomic E-state index is 11.9. The van der Waals surface area contributed by atoms with E-state index in [9.17, 15) is 4.79 Å². The van der Waals surface area contributed by atoms with Crippen LogP contribution in [0.3, 0.4) is 0 Å². The van der Waals surface area contributed by atoms with Gasteiger partial charge in [-0.25, -0.2) is 4.79 Å². The number of hydrogen-bond acceptors (Lipinski definition) is 1. The van der Waals surface area contributed by atoms with E-state index in [-0.39, 0.29) is 6.03 Å². The van der Waals surface area contributed by atoms with Crippen LogP contribution in [0.5, 0.6) is 0 Å². The van der Waals surface area contributed by atoms with E-state index in [1.165, 1.54) is 25.7 Å². The zero-order valence-corrected chi connectivity index (χ0v) is 12.0. The lowest BCUT2D eigenvalue weighted by molar-refractivity contribution is 0.216. The van der Waals surface area contributed by atoms with Gasteiger partial charge in [0.15, 0.2) is 0 Å². The highest BCUT2D eigenvalue weighted by molar-refractivity contribution is 5.74. The summed E-state index contributed by atoms with van der Waals surface area (Å²) in [6.45, 7) is 6.42. The molecule has 104 valence electrons. The van der Waals surface area contributed by atoms with E-state index < -0.39 is 0 Å². The molecule has 0 aromatic rings. The van der Waals surface area contributed by atoms with Crippen LogP contribution in [0.25, 0.3) is 0 Å². The first-order chi connectivity index (χ1) is 8.63. The molecule has 2 N–H and O–H groups in total. The van der Waals surface area contributed by atoms with Gasteiger partial charge in [-0.05, 0) is 56.8 Å². The minimum absolute atomic E-state index is 0.0268. The quantitative estimate of drug-likeness (QED) is 0.774. The molecule has 2 amide bonds. The molecule has 2 saturated carbocycles. The van der Waals surface area contributed by atoms with Crippen molar-refractivity contribution in [3.8, 4) is 0 Å². The smallest absolute Gasteiger partial charge is 0.315 e. The van der Waals surface area contributed by atoms with Gasteiger partial charge in [-0.15, -0.1) is 0 Å². The Hall–Kier alpha value is -0.730. The molecule has 2 rings (SSSR count). The van der Waals surface area contributed by atoms with Crippen molar-refractivity contribution in [3.63, 3.8) is 0 Å². The summed E-state index contributed by atoms with van der Waals surface area (Å²) in [7, 11) is 0. The van der Waals surface area contributed by atoms with E-state index in [2.05, 4.69) is 31.4 Å². The van der Waals surface area contributed by atoms with E-state index >= 15 is 0 Å². The number of rotatable bonds is 5. The zero-order chi connectivity index (χ0) is 13.1. The van der Waals surface area contributed by atoms with Gasteiger partial charge < -0.3 is 10.6 Å². The number of amides is 2. The van der Waals surface area contributed by atoms with Crippen molar-refractivity contribution in [1.29, 1.82) is 0 Å². The fourth-order valence-electron chi connectivity index (χ4n) is 3.94. The average Bonchev–Trinajstić information content (AvgIpc) is 2.97. The summed E-state index contributed by atoms with van der Waals surface area (Å²) >= 11 is 0. The first kappa shape index (κ1) is 13.7. The number of carbonyl (C=O) groups excluding carboxylic acids is 1. The van der Waals surface area contributed by atoms with Crippen LogP contribution in [0.1, 0.15) is 59.3 Å². The van der Waals surface area contributed by atoms with E-state index in [1.807, 2.05) is 0 Å². The molecule has 0 aromatic heterocycles. The molecule has 2 aliphatic rings. The predicted molar refractivity (Wildman–Crippen MR) is 74.4 cm³/mol. The second kappa shape index (κ2) is 5.94. The molecule has 3 nitrogen and oxygen atoms in total. The number of hydrogen-bond donors (Lipinski definition) is 2. The Kier molecular flexibility index (Phi) is 4.52. The van der Waals surface area contributed by atoms with Crippen LogP contribution in [0, 0.1) is 17.8 Å². The maximum absolute atomic E-state index is 11.9. The molecule has 0 radical (unpaired) electrons. The molecule has 0 aromatic carbocycles. The van der Waals surface area contributed by atoms with Gasteiger partial charge in [0.25, 0.3) is 0 Å². The fraction of sp³-hybridized carbons (Fsp3) is 0.933. The van der Waals surface area contributed by atoms with Crippen molar-refractivity contribution in [2.75, 3.05) is 0 Å². The highest BCUT2D eigenvalue weighted by atomic mass is 16.2. The first-order valence-corrected chi connectivity index (χ1v) is 7.71. The molecular weight excluding hydrogens is 224 g/mol. The van der Waals surface area contributed by atoms with Crippen LogP contribution in [0.2, 0.25) is 0 Å². The lowest BCUT2D eigenvalue weighted by atomic mass is 9.84. The molecule has 0 heterocycles. The highest BCUT2D eigenvalue weighted by Gasteiger charge is 2.42. The standard InChI is InChI=1S/C15H28N2O/c1-4-13(5-2)17-15(18)16-10(3)14-9-11-6-7-12(14)8-11/h10-14H,4-9H2,1-3H3,(H2,16,17,18). The SMILES string of the molecule is CCC(CC)NC(=O)NC(C)C1CC2CCC1C2. The van der Waals surface area contributed by atoms with Crippen molar-refractivity contribution in [2.24, 2.45) is 17.8 Å². The van der Waals surface area contributed by atoms with E-state index in [0.29, 0.717) is 12.1 Å². The van der Waals surface area contributed by atoms with Gasteiger partial charge in [-0.3, -0.25) is 0 Å². The van der Waals surface area contributed by atoms with Gasteiger partial charge in [0.2, 0.25) is 0 Å². The van der Waals surface area contributed by atoms with Crippen molar-refractivity contribution < 1.29 is 4.79 Å². The third kappa shape index (κ3) is 2.99. The summed E-state index contributed by atoms with van der Waals surface area (Å²) in [5.74, 6) is 2.54. The maximum Gasteiger partial charge on any atom is 0.315 e. The average molecular weight is 252 g/mol. The van der Waals surface area contributed by atoms with E-state index in [1.54, 1.807) is 0 Å².